The van der Waals surface area contributed by atoms with Crippen LogP contribution in [-0.2, 0) is 9.53 Å². The summed E-state index contributed by atoms with van der Waals surface area (Å²) in [5.41, 5.74) is 5.68. The third kappa shape index (κ3) is 4.49. The van der Waals surface area contributed by atoms with Gasteiger partial charge in [0, 0.05) is 6.54 Å². The summed E-state index contributed by atoms with van der Waals surface area (Å²) in [5, 5.41) is 0. The van der Waals surface area contributed by atoms with Crippen LogP contribution in [0.25, 0.3) is 0 Å². The van der Waals surface area contributed by atoms with E-state index in [4.69, 9.17) is 5.73 Å². The van der Waals surface area contributed by atoms with Gasteiger partial charge in [0.25, 0.3) is 0 Å². The van der Waals surface area contributed by atoms with Gasteiger partial charge in [-0.2, -0.15) is 0 Å². The van der Waals surface area contributed by atoms with Gasteiger partial charge >= 0.3 is 5.97 Å². The third-order valence-electron chi connectivity index (χ3n) is 3.37. The first-order chi connectivity index (χ1) is 7.63. The quantitative estimate of drug-likeness (QED) is 0.689. The summed E-state index contributed by atoms with van der Waals surface area (Å²) in [6.07, 6.45) is 6.14. The van der Waals surface area contributed by atoms with Crippen LogP contribution in [-0.4, -0.2) is 44.2 Å². The third-order valence-corrected chi connectivity index (χ3v) is 3.37. The molecule has 0 aromatic carbocycles. The highest BCUT2D eigenvalue weighted by Gasteiger charge is 2.18. The van der Waals surface area contributed by atoms with E-state index in [9.17, 15) is 4.79 Å². The molecule has 1 atom stereocenters. The summed E-state index contributed by atoms with van der Waals surface area (Å²) in [6, 6.07) is -0.476. The molecule has 1 aliphatic carbocycles. The summed E-state index contributed by atoms with van der Waals surface area (Å²) < 4.78 is 4.60. The molecule has 0 saturated heterocycles. The van der Waals surface area contributed by atoms with Gasteiger partial charge in [-0.3, -0.25) is 4.79 Å². The molecule has 0 amide bonds. The van der Waals surface area contributed by atoms with E-state index < -0.39 is 6.04 Å². The SMILES string of the molecule is COC(=O)C(N)CCN(C)CC1CCCC1. The first-order valence-corrected chi connectivity index (χ1v) is 6.15. The van der Waals surface area contributed by atoms with Crippen molar-refractivity contribution < 1.29 is 9.53 Å². The minimum Gasteiger partial charge on any atom is -0.468 e. The molecule has 0 heterocycles. The van der Waals surface area contributed by atoms with Crippen LogP contribution in [0.1, 0.15) is 32.1 Å². The molecule has 1 saturated carbocycles. The molecular weight excluding hydrogens is 204 g/mol. The monoisotopic (exact) mass is 228 g/mol. The second-order valence-electron chi connectivity index (χ2n) is 4.83. The maximum atomic E-state index is 11.1. The Kier molecular flexibility index (Phi) is 5.77. The zero-order chi connectivity index (χ0) is 12.0. The van der Waals surface area contributed by atoms with Gasteiger partial charge < -0.3 is 15.4 Å². The van der Waals surface area contributed by atoms with Crippen LogP contribution in [0.15, 0.2) is 0 Å². The molecule has 94 valence electrons. The number of rotatable bonds is 6. The lowest BCUT2D eigenvalue weighted by Crippen LogP contribution is -2.36. The van der Waals surface area contributed by atoms with Crippen molar-refractivity contribution in [3.63, 3.8) is 0 Å². The predicted octanol–water partition coefficient (Wildman–Crippen LogP) is 0.999. The zero-order valence-corrected chi connectivity index (χ0v) is 10.4. The molecule has 1 fully saturated rings. The number of hydrogen-bond acceptors (Lipinski definition) is 4. The van der Waals surface area contributed by atoms with E-state index in [0.29, 0.717) is 6.42 Å². The van der Waals surface area contributed by atoms with Crippen LogP contribution in [0.5, 0.6) is 0 Å². The molecule has 1 rings (SSSR count). The molecule has 0 aromatic heterocycles. The largest absolute Gasteiger partial charge is 0.468 e. The van der Waals surface area contributed by atoms with Crippen molar-refractivity contribution >= 4 is 5.97 Å². The van der Waals surface area contributed by atoms with Crippen LogP contribution in [0, 0.1) is 5.92 Å². The molecule has 1 aliphatic rings. The molecule has 0 spiro atoms. The minimum absolute atomic E-state index is 0.311. The summed E-state index contributed by atoms with van der Waals surface area (Å²) in [6.45, 7) is 2.00. The van der Waals surface area contributed by atoms with E-state index in [1.54, 1.807) is 0 Å². The Morgan fingerprint density at radius 3 is 2.69 bits per heavy atom. The summed E-state index contributed by atoms with van der Waals surface area (Å²) in [4.78, 5) is 13.4. The number of carbonyl (C=O) groups is 1. The smallest absolute Gasteiger partial charge is 0.322 e. The highest BCUT2D eigenvalue weighted by atomic mass is 16.5. The van der Waals surface area contributed by atoms with E-state index in [1.807, 2.05) is 0 Å². The van der Waals surface area contributed by atoms with Gasteiger partial charge in [0.05, 0.1) is 7.11 Å². The highest BCUT2D eigenvalue weighted by Crippen LogP contribution is 2.25. The molecule has 1 unspecified atom stereocenters. The Morgan fingerprint density at radius 1 is 1.50 bits per heavy atom. The van der Waals surface area contributed by atoms with Crippen molar-refractivity contribution in [3.8, 4) is 0 Å². The Morgan fingerprint density at radius 2 is 2.12 bits per heavy atom. The molecule has 2 N–H and O–H groups in total. The van der Waals surface area contributed by atoms with Crippen LogP contribution in [0.3, 0.4) is 0 Å². The number of nitrogens with zero attached hydrogens (tertiary/aromatic N) is 1. The van der Waals surface area contributed by atoms with Gasteiger partial charge in [-0.25, -0.2) is 0 Å². The normalized spacial score (nSPS) is 19.0. The number of esters is 1. The lowest BCUT2D eigenvalue weighted by atomic mass is 10.1. The fourth-order valence-electron chi connectivity index (χ4n) is 2.35. The fourth-order valence-corrected chi connectivity index (χ4v) is 2.35. The Hall–Kier alpha value is -0.610. The molecular formula is C12H24N2O2. The predicted molar refractivity (Wildman–Crippen MR) is 64.1 cm³/mol. The standard InChI is InChI=1S/C12H24N2O2/c1-14(9-10-5-3-4-6-10)8-7-11(13)12(15)16-2/h10-11H,3-9,13H2,1-2H3. The maximum absolute atomic E-state index is 11.1. The Bertz CT molecular complexity index is 215. The average Bonchev–Trinajstić information content (AvgIpc) is 2.77. The first-order valence-electron chi connectivity index (χ1n) is 6.15. The molecule has 0 radical (unpaired) electrons. The van der Waals surface area contributed by atoms with Gasteiger partial charge in [0.1, 0.15) is 6.04 Å². The van der Waals surface area contributed by atoms with Crippen molar-refractivity contribution in [2.45, 2.75) is 38.1 Å². The van der Waals surface area contributed by atoms with Crippen molar-refractivity contribution in [3.05, 3.63) is 0 Å². The number of nitrogens with two attached hydrogens (primary N) is 1. The van der Waals surface area contributed by atoms with Crippen LogP contribution in [0.4, 0.5) is 0 Å². The number of carbonyl (C=O) groups excluding carboxylic acids is 1. The molecule has 4 nitrogen and oxygen atoms in total. The summed E-state index contributed by atoms with van der Waals surface area (Å²) in [7, 11) is 3.48. The van der Waals surface area contributed by atoms with Crippen LogP contribution in [0.2, 0.25) is 0 Å². The maximum Gasteiger partial charge on any atom is 0.322 e. The van der Waals surface area contributed by atoms with Crippen molar-refractivity contribution in [2.24, 2.45) is 11.7 Å². The van der Waals surface area contributed by atoms with E-state index in [2.05, 4.69) is 16.7 Å². The molecule has 4 heteroatoms. The van der Waals surface area contributed by atoms with Crippen molar-refractivity contribution in [2.75, 3.05) is 27.2 Å². The van der Waals surface area contributed by atoms with Gasteiger partial charge in [-0.1, -0.05) is 12.8 Å². The molecule has 0 aromatic rings. The average molecular weight is 228 g/mol. The fraction of sp³-hybridized carbons (Fsp3) is 0.917. The lowest BCUT2D eigenvalue weighted by molar-refractivity contribution is -0.142. The highest BCUT2D eigenvalue weighted by molar-refractivity contribution is 5.75. The summed E-state index contributed by atoms with van der Waals surface area (Å²) >= 11 is 0. The lowest BCUT2D eigenvalue weighted by Gasteiger charge is -2.21. The van der Waals surface area contributed by atoms with Gasteiger partial charge in [-0.15, -0.1) is 0 Å². The van der Waals surface area contributed by atoms with Gasteiger partial charge in [0.15, 0.2) is 0 Å². The zero-order valence-electron chi connectivity index (χ0n) is 10.4. The first kappa shape index (κ1) is 13.5. The topological polar surface area (TPSA) is 55.6 Å². The van der Waals surface area contributed by atoms with Crippen LogP contribution < -0.4 is 5.73 Å². The molecule has 0 bridgehead atoms. The number of hydrogen-bond donors (Lipinski definition) is 1. The Labute approximate surface area is 98.1 Å². The number of ether oxygens (including phenoxy) is 1. The van der Waals surface area contributed by atoms with E-state index >= 15 is 0 Å². The second kappa shape index (κ2) is 6.86. The van der Waals surface area contributed by atoms with E-state index in [0.717, 1.165) is 19.0 Å². The van der Waals surface area contributed by atoms with Crippen LogP contribution >= 0.6 is 0 Å². The number of methoxy groups -OCH3 is 1. The van der Waals surface area contributed by atoms with Crippen molar-refractivity contribution in [1.82, 2.24) is 4.90 Å². The Balaban J connectivity index is 2.13. The van der Waals surface area contributed by atoms with E-state index in [-0.39, 0.29) is 5.97 Å². The molecule has 16 heavy (non-hydrogen) atoms. The summed E-state index contributed by atoms with van der Waals surface area (Å²) in [5.74, 6) is 0.536. The minimum atomic E-state index is -0.476. The van der Waals surface area contributed by atoms with E-state index in [1.165, 1.54) is 32.8 Å². The van der Waals surface area contributed by atoms with Crippen molar-refractivity contribution in [1.29, 1.82) is 0 Å². The second-order valence-corrected chi connectivity index (χ2v) is 4.83. The van der Waals surface area contributed by atoms with Gasteiger partial charge in [0.2, 0.25) is 0 Å². The van der Waals surface area contributed by atoms with Gasteiger partial charge in [-0.05, 0) is 38.8 Å². The molecule has 0 aliphatic heterocycles.